The predicted octanol–water partition coefficient (Wildman–Crippen LogP) is 1.16. The average Bonchev–Trinajstić information content (AvgIpc) is 2.03. The topological polar surface area (TPSA) is 64.9 Å². The van der Waals surface area contributed by atoms with Crippen molar-refractivity contribution in [1.82, 2.24) is 4.98 Å². The lowest BCUT2D eigenvalue weighted by Crippen LogP contribution is -2.09. The minimum Gasteiger partial charge on any atom is -0.384 e. The van der Waals surface area contributed by atoms with Crippen molar-refractivity contribution in [3.63, 3.8) is 0 Å². The molecule has 1 heterocycles. The van der Waals surface area contributed by atoms with Gasteiger partial charge in [-0.1, -0.05) is 12.1 Å². The molecule has 64 valence electrons. The van der Waals surface area contributed by atoms with Crippen molar-refractivity contribution in [1.29, 1.82) is 0 Å². The van der Waals surface area contributed by atoms with Crippen LogP contribution in [0.15, 0.2) is 24.8 Å². The molecule has 4 N–H and O–H groups in total. The van der Waals surface area contributed by atoms with Gasteiger partial charge in [-0.05, 0) is 18.6 Å². The quantitative estimate of drug-likeness (QED) is 0.643. The van der Waals surface area contributed by atoms with Crippen molar-refractivity contribution >= 4 is 5.82 Å². The third-order valence-corrected chi connectivity index (χ3v) is 1.76. The van der Waals surface area contributed by atoms with Gasteiger partial charge in [0.1, 0.15) is 5.82 Å². The Morgan fingerprint density at radius 3 is 2.75 bits per heavy atom. The number of aromatic nitrogens is 1. The van der Waals surface area contributed by atoms with Gasteiger partial charge in [0.05, 0.1) is 0 Å². The zero-order chi connectivity index (χ0) is 9.14. The maximum Gasteiger partial charge on any atom is 0.123 e. The Bertz CT molecular complexity index is 294. The lowest BCUT2D eigenvalue weighted by atomic mass is 10.1. The van der Waals surface area contributed by atoms with Crippen molar-refractivity contribution in [2.24, 2.45) is 5.73 Å². The molecule has 1 rings (SSSR count). The number of aryl methyl sites for hydroxylation is 1. The van der Waals surface area contributed by atoms with Crippen LogP contribution >= 0.6 is 0 Å². The molecular weight excluding hydrogens is 150 g/mol. The Labute approximate surface area is 72.1 Å². The van der Waals surface area contributed by atoms with Gasteiger partial charge >= 0.3 is 0 Å². The number of nitrogens with zero attached hydrogens (tertiary/aromatic N) is 1. The van der Waals surface area contributed by atoms with Gasteiger partial charge in [-0.3, -0.25) is 0 Å². The van der Waals surface area contributed by atoms with Crippen LogP contribution in [0.1, 0.15) is 17.3 Å². The molecule has 0 aliphatic heterocycles. The predicted molar refractivity (Wildman–Crippen MR) is 50.5 cm³/mol. The van der Waals surface area contributed by atoms with Gasteiger partial charge in [-0.2, -0.15) is 0 Å². The normalized spacial score (nSPS) is 12.5. The minimum absolute atomic E-state index is 0.155. The maximum absolute atomic E-state index is 5.75. The molecule has 1 atom stereocenters. The van der Waals surface area contributed by atoms with E-state index in [1.807, 2.05) is 13.0 Å². The van der Waals surface area contributed by atoms with Crippen LogP contribution in [0.3, 0.4) is 0 Å². The molecule has 0 unspecified atom stereocenters. The van der Waals surface area contributed by atoms with E-state index in [2.05, 4.69) is 11.6 Å². The van der Waals surface area contributed by atoms with Crippen molar-refractivity contribution < 1.29 is 0 Å². The molecule has 0 aliphatic rings. The Morgan fingerprint density at radius 1 is 1.58 bits per heavy atom. The summed E-state index contributed by atoms with van der Waals surface area (Å²) in [7, 11) is 0. The van der Waals surface area contributed by atoms with E-state index in [1.54, 1.807) is 12.1 Å². The van der Waals surface area contributed by atoms with Crippen LogP contribution in [0.2, 0.25) is 0 Å². The fraction of sp³-hybridized carbons (Fsp3) is 0.222. The SMILES string of the molecule is C=C[C@H](N)c1ccc(N)nc1C. The minimum atomic E-state index is -0.155. The van der Waals surface area contributed by atoms with Gasteiger partial charge in [-0.25, -0.2) is 4.98 Å². The number of anilines is 1. The van der Waals surface area contributed by atoms with Gasteiger partial charge in [0.25, 0.3) is 0 Å². The van der Waals surface area contributed by atoms with Gasteiger partial charge in [0.15, 0.2) is 0 Å². The van der Waals surface area contributed by atoms with Gasteiger partial charge in [-0.15, -0.1) is 6.58 Å². The molecule has 0 radical (unpaired) electrons. The van der Waals surface area contributed by atoms with Crippen molar-refractivity contribution in [2.75, 3.05) is 5.73 Å². The molecular formula is C9H13N3. The smallest absolute Gasteiger partial charge is 0.123 e. The molecule has 3 heteroatoms. The van der Waals surface area contributed by atoms with Crippen LogP contribution in [0, 0.1) is 6.92 Å². The summed E-state index contributed by atoms with van der Waals surface area (Å²) < 4.78 is 0. The van der Waals surface area contributed by atoms with Crippen LogP contribution in [0.25, 0.3) is 0 Å². The lowest BCUT2D eigenvalue weighted by molar-refractivity contribution is 0.886. The monoisotopic (exact) mass is 163 g/mol. The van der Waals surface area contributed by atoms with Crippen LogP contribution in [0.5, 0.6) is 0 Å². The zero-order valence-corrected chi connectivity index (χ0v) is 7.12. The lowest BCUT2D eigenvalue weighted by Gasteiger charge is -2.09. The van der Waals surface area contributed by atoms with Crippen molar-refractivity contribution in [3.05, 3.63) is 36.0 Å². The second kappa shape index (κ2) is 3.36. The summed E-state index contributed by atoms with van der Waals surface area (Å²) in [6.07, 6.45) is 1.68. The number of rotatable bonds is 2. The number of nitrogen functional groups attached to an aromatic ring is 1. The highest BCUT2D eigenvalue weighted by Gasteiger charge is 2.05. The van der Waals surface area contributed by atoms with Gasteiger partial charge in [0.2, 0.25) is 0 Å². The Morgan fingerprint density at radius 2 is 2.25 bits per heavy atom. The molecule has 0 amide bonds. The van der Waals surface area contributed by atoms with E-state index in [4.69, 9.17) is 11.5 Å². The van der Waals surface area contributed by atoms with Crippen LogP contribution in [-0.4, -0.2) is 4.98 Å². The fourth-order valence-corrected chi connectivity index (χ4v) is 1.07. The standard InChI is InChI=1S/C9H13N3/c1-3-8(10)7-4-5-9(11)12-6(7)2/h3-5,8H,1,10H2,2H3,(H2,11,12)/t8-/m0/s1. The Hall–Kier alpha value is -1.35. The molecule has 0 aromatic carbocycles. The molecule has 0 bridgehead atoms. The molecule has 0 saturated carbocycles. The third-order valence-electron chi connectivity index (χ3n) is 1.76. The van der Waals surface area contributed by atoms with E-state index in [-0.39, 0.29) is 6.04 Å². The zero-order valence-electron chi connectivity index (χ0n) is 7.12. The summed E-state index contributed by atoms with van der Waals surface area (Å²) in [5.74, 6) is 0.521. The second-order valence-electron chi connectivity index (χ2n) is 2.67. The Kier molecular flexibility index (Phi) is 2.45. The molecule has 0 fully saturated rings. The maximum atomic E-state index is 5.75. The largest absolute Gasteiger partial charge is 0.384 e. The first kappa shape index (κ1) is 8.74. The number of hydrogen-bond donors (Lipinski definition) is 2. The Balaban J connectivity index is 3.09. The third kappa shape index (κ3) is 1.62. The molecule has 12 heavy (non-hydrogen) atoms. The van der Waals surface area contributed by atoms with Crippen LogP contribution in [0.4, 0.5) is 5.82 Å². The van der Waals surface area contributed by atoms with E-state index >= 15 is 0 Å². The first-order valence-corrected chi connectivity index (χ1v) is 3.76. The summed E-state index contributed by atoms with van der Waals surface area (Å²) >= 11 is 0. The van der Waals surface area contributed by atoms with E-state index in [9.17, 15) is 0 Å². The van der Waals surface area contributed by atoms with Crippen molar-refractivity contribution in [3.8, 4) is 0 Å². The highest BCUT2D eigenvalue weighted by molar-refractivity contribution is 5.36. The molecule has 1 aromatic rings. The summed E-state index contributed by atoms with van der Waals surface area (Å²) in [5.41, 5.74) is 13.1. The van der Waals surface area contributed by atoms with Crippen LogP contribution in [-0.2, 0) is 0 Å². The molecule has 0 aliphatic carbocycles. The number of nitrogens with two attached hydrogens (primary N) is 2. The highest BCUT2D eigenvalue weighted by Crippen LogP contribution is 2.15. The average molecular weight is 163 g/mol. The molecule has 0 saturated heterocycles. The summed E-state index contributed by atoms with van der Waals surface area (Å²) in [6.45, 7) is 5.50. The first-order chi connectivity index (χ1) is 5.65. The van der Waals surface area contributed by atoms with Crippen molar-refractivity contribution in [2.45, 2.75) is 13.0 Å². The molecule has 1 aromatic heterocycles. The van der Waals surface area contributed by atoms with Crippen LogP contribution < -0.4 is 11.5 Å². The summed E-state index contributed by atoms with van der Waals surface area (Å²) in [5, 5.41) is 0. The van der Waals surface area contributed by atoms with Gasteiger partial charge < -0.3 is 11.5 Å². The summed E-state index contributed by atoms with van der Waals surface area (Å²) in [6, 6.07) is 3.47. The summed E-state index contributed by atoms with van der Waals surface area (Å²) in [4.78, 5) is 4.09. The van der Waals surface area contributed by atoms with E-state index in [0.717, 1.165) is 11.3 Å². The van der Waals surface area contributed by atoms with E-state index in [0.29, 0.717) is 5.82 Å². The fourth-order valence-electron chi connectivity index (χ4n) is 1.07. The molecule has 0 spiro atoms. The number of pyridine rings is 1. The van der Waals surface area contributed by atoms with Gasteiger partial charge in [0, 0.05) is 11.7 Å². The van der Waals surface area contributed by atoms with E-state index < -0.39 is 0 Å². The molecule has 3 nitrogen and oxygen atoms in total. The van der Waals surface area contributed by atoms with E-state index in [1.165, 1.54) is 0 Å². The second-order valence-corrected chi connectivity index (χ2v) is 2.67. The highest BCUT2D eigenvalue weighted by atomic mass is 14.8. The first-order valence-electron chi connectivity index (χ1n) is 3.76. The number of hydrogen-bond acceptors (Lipinski definition) is 3.